The molecule has 0 aliphatic heterocycles. The number of nitrogens with two attached hydrogens (primary N) is 1. The molecule has 4 heteroatoms. The Kier molecular flexibility index (Phi) is 5.67. The van der Waals surface area contributed by atoms with Gasteiger partial charge in [0.15, 0.2) is 0 Å². The summed E-state index contributed by atoms with van der Waals surface area (Å²) < 4.78 is 3.10. The van der Waals surface area contributed by atoms with Gasteiger partial charge in [-0.15, -0.1) is 0 Å². The van der Waals surface area contributed by atoms with Crippen LogP contribution in [0, 0.1) is 5.92 Å². The molecular weight excluding hydrogens is 278 g/mol. The lowest BCUT2D eigenvalue weighted by molar-refractivity contribution is 0.444. The SMILES string of the molecule is CCc1nn(C)c(CC(N)CC(C)CC)c1Br. The maximum Gasteiger partial charge on any atom is 0.0766 e. The molecule has 2 unspecified atom stereocenters. The topological polar surface area (TPSA) is 43.8 Å². The van der Waals surface area contributed by atoms with Gasteiger partial charge >= 0.3 is 0 Å². The van der Waals surface area contributed by atoms with Crippen LogP contribution >= 0.6 is 15.9 Å². The van der Waals surface area contributed by atoms with Gasteiger partial charge in [0, 0.05) is 19.5 Å². The average Bonchev–Trinajstić information content (AvgIpc) is 2.56. The van der Waals surface area contributed by atoms with Crippen molar-refractivity contribution < 1.29 is 0 Å². The molecule has 0 fully saturated rings. The Morgan fingerprint density at radius 3 is 2.53 bits per heavy atom. The van der Waals surface area contributed by atoms with Gasteiger partial charge in [-0.25, -0.2) is 0 Å². The van der Waals surface area contributed by atoms with E-state index in [4.69, 9.17) is 5.73 Å². The summed E-state index contributed by atoms with van der Waals surface area (Å²) in [5.41, 5.74) is 8.55. The number of nitrogens with zero attached hydrogens (tertiary/aromatic N) is 2. The highest BCUT2D eigenvalue weighted by Gasteiger charge is 2.16. The first kappa shape index (κ1) is 14.7. The van der Waals surface area contributed by atoms with Crippen molar-refractivity contribution in [1.29, 1.82) is 0 Å². The van der Waals surface area contributed by atoms with Crippen molar-refractivity contribution in [3.8, 4) is 0 Å². The molecule has 1 aromatic rings. The fourth-order valence-corrected chi connectivity index (χ4v) is 2.83. The first-order valence-electron chi connectivity index (χ1n) is 6.45. The smallest absolute Gasteiger partial charge is 0.0766 e. The lowest BCUT2D eigenvalue weighted by atomic mass is 9.97. The van der Waals surface area contributed by atoms with Gasteiger partial charge in [0.1, 0.15) is 0 Å². The molecule has 98 valence electrons. The average molecular weight is 302 g/mol. The van der Waals surface area contributed by atoms with Crippen molar-refractivity contribution in [3.63, 3.8) is 0 Å². The van der Waals surface area contributed by atoms with E-state index in [9.17, 15) is 0 Å². The van der Waals surface area contributed by atoms with Crippen LogP contribution in [0.1, 0.15) is 45.0 Å². The van der Waals surface area contributed by atoms with E-state index in [-0.39, 0.29) is 6.04 Å². The normalized spacial score (nSPS) is 14.9. The predicted octanol–water partition coefficient (Wildman–Crippen LogP) is 3.05. The maximum atomic E-state index is 6.21. The zero-order valence-corrected chi connectivity index (χ0v) is 12.9. The minimum Gasteiger partial charge on any atom is -0.327 e. The Labute approximate surface area is 113 Å². The van der Waals surface area contributed by atoms with Gasteiger partial charge in [0.05, 0.1) is 15.9 Å². The van der Waals surface area contributed by atoms with Crippen molar-refractivity contribution in [3.05, 3.63) is 15.9 Å². The van der Waals surface area contributed by atoms with E-state index in [2.05, 4.69) is 41.8 Å². The molecule has 2 N–H and O–H groups in total. The van der Waals surface area contributed by atoms with E-state index in [0.717, 1.165) is 29.4 Å². The monoisotopic (exact) mass is 301 g/mol. The molecule has 2 atom stereocenters. The number of hydrogen-bond acceptors (Lipinski definition) is 2. The minimum absolute atomic E-state index is 0.223. The molecule has 1 aromatic heterocycles. The van der Waals surface area contributed by atoms with E-state index in [1.54, 1.807) is 0 Å². The van der Waals surface area contributed by atoms with Gasteiger partial charge in [-0.05, 0) is 34.7 Å². The Balaban J connectivity index is 2.71. The lowest BCUT2D eigenvalue weighted by Gasteiger charge is -2.16. The largest absolute Gasteiger partial charge is 0.327 e. The van der Waals surface area contributed by atoms with Crippen LogP contribution in [0.4, 0.5) is 0 Å². The third-order valence-electron chi connectivity index (χ3n) is 3.36. The number of aryl methyl sites for hydroxylation is 2. The Morgan fingerprint density at radius 1 is 1.41 bits per heavy atom. The Hall–Kier alpha value is -0.350. The third-order valence-corrected chi connectivity index (χ3v) is 4.28. The van der Waals surface area contributed by atoms with Crippen LogP contribution in [-0.2, 0) is 19.9 Å². The molecule has 3 nitrogen and oxygen atoms in total. The van der Waals surface area contributed by atoms with Crippen LogP contribution in [0.3, 0.4) is 0 Å². The molecule has 0 saturated carbocycles. The third kappa shape index (κ3) is 3.81. The van der Waals surface area contributed by atoms with E-state index in [1.807, 2.05) is 11.7 Å². The first-order chi connectivity index (χ1) is 7.99. The van der Waals surface area contributed by atoms with Crippen LogP contribution in [0.15, 0.2) is 4.47 Å². The molecule has 0 radical (unpaired) electrons. The van der Waals surface area contributed by atoms with Crippen molar-refractivity contribution in [2.24, 2.45) is 18.7 Å². The quantitative estimate of drug-likeness (QED) is 0.877. The highest BCUT2D eigenvalue weighted by atomic mass is 79.9. The van der Waals surface area contributed by atoms with Crippen LogP contribution in [0.5, 0.6) is 0 Å². The molecule has 0 aliphatic carbocycles. The lowest BCUT2D eigenvalue weighted by Crippen LogP contribution is -2.26. The van der Waals surface area contributed by atoms with Crippen LogP contribution in [0.2, 0.25) is 0 Å². The second-order valence-corrected chi connectivity index (χ2v) is 5.69. The molecule has 0 amide bonds. The van der Waals surface area contributed by atoms with Crippen molar-refractivity contribution in [2.45, 2.75) is 52.5 Å². The highest BCUT2D eigenvalue weighted by Crippen LogP contribution is 2.23. The zero-order valence-electron chi connectivity index (χ0n) is 11.3. The summed E-state index contributed by atoms with van der Waals surface area (Å²) in [5.74, 6) is 0.697. The molecule has 0 spiro atoms. The fraction of sp³-hybridized carbons (Fsp3) is 0.769. The van der Waals surface area contributed by atoms with E-state index in [0.29, 0.717) is 5.92 Å². The fourth-order valence-electron chi connectivity index (χ4n) is 2.06. The Bertz CT molecular complexity index is 360. The molecule has 1 heterocycles. The molecule has 0 aliphatic rings. The summed E-state index contributed by atoms with van der Waals surface area (Å²) in [7, 11) is 2.00. The summed E-state index contributed by atoms with van der Waals surface area (Å²) in [5, 5.41) is 4.50. The van der Waals surface area contributed by atoms with Crippen LogP contribution < -0.4 is 5.73 Å². The van der Waals surface area contributed by atoms with Gasteiger partial charge in [-0.2, -0.15) is 5.10 Å². The van der Waals surface area contributed by atoms with Crippen LogP contribution in [-0.4, -0.2) is 15.8 Å². The molecule has 0 saturated heterocycles. The number of aromatic nitrogens is 2. The second-order valence-electron chi connectivity index (χ2n) is 4.90. The van der Waals surface area contributed by atoms with Gasteiger partial charge in [-0.1, -0.05) is 27.2 Å². The van der Waals surface area contributed by atoms with Crippen LogP contribution in [0.25, 0.3) is 0 Å². The van der Waals surface area contributed by atoms with E-state index < -0.39 is 0 Å². The molecule has 0 aromatic carbocycles. The predicted molar refractivity (Wildman–Crippen MR) is 76.0 cm³/mol. The van der Waals surface area contributed by atoms with Gasteiger partial charge < -0.3 is 5.73 Å². The van der Waals surface area contributed by atoms with Gasteiger partial charge in [0.2, 0.25) is 0 Å². The highest BCUT2D eigenvalue weighted by molar-refractivity contribution is 9.10. The molecule has 17 heavy (non-hydrogen) atoms. The zero-order chi connectivity index (χ0) is 13.0. The standard InChI is InChI=1S/C13H24BrN3/c1-5-9(3)7-10(15)8-12-13(14)11(6-2)16-17(12)4/h9-10H,5-8,15H2,1-4H3. The van der Waals surface area contributed by atoms with Crippen molar-refractivity contribution >= 4 is 15.9 Å². The van der Waals surface area contributed by atoms with Crippen molar-refractivity contribution in [1.82, 2.24) is 9.78 Å². The maximum absolute atomic E-state index is 6.21. The second kappa shape index (κ2) is 6.55. The number of rotatable bonds is 6. The number of hydrogen-bond donors (Lipinski definition) is 1. The summed E-state index contributed by atoms with van der Waals surface area (Å²) in [6.07, 6.45) is 4.12. The number of halogens is 1. The summed E-state index contributed by atoms with van der Waals surface area (Å²) in [6.45, 7) is 6.60. The molecule has 1 rings (SSSR count). The summed E-state index contributed by atoms with van der Waals surface area (Å²) in [4.78, 5) is 0. The minimum atomic E-state index is 0.223. The van der Waals surface area contributed by atoms with Gasteiger partial charge in [-0.3, -0.25) is 4.68 Å². The Morgan fingerprint density at radius 2 is 2.06 bits per heavy atom. The van der Waals surface area contributed by atoms with Gasteiger partial charge in [0.25, 0.3) is 0 Å². The van der Waals surface area contributed by atoms with E-state index >= 15 is 0 Å². The summed E-state index contributed by atoms with van der Waals surface area (Å²) >= 11 is 3.64. The van der Waals surface area contributed by atoms with E-state index in [1.165, 1.54) is 12.1 Å². The summed E-state index contributed by atoms with van der Waals surface area (Å²) in [6, 6.07) is 0.223. The molecular formula is C13H24BrN3. The van der Waals surface area contributed by atoms with Crippen molar-refractivity contribution in [2.75, 3.05) is 0 Å². The molecule has 0 bridgehead atoms. The first-order valence-corrected chi connectivity index (χ1v) is 7.24.